The third-order valence-electron chi connectivity index (χ3n) is 2.47. The Labute approximate surface area is 137 Å². The maximum atomic E-state index is 12.4. The molecule has 0 saturated heterocycles. The molecule has 0 saturated carbocycles. The summed E-state index contributed by atoms with van der Waals surface area (Å²) >= 11 is 10.5. The zero-order chi connectivity index (χ0) is 15.5. The van der Waals surface area contributed by atoms with Crippen LogP contribution in [0.2, 0.25) is 5.02 Å². The number of hydrogen-bond acceptors (Lipinski definition) is 2. The maximum absolute atomic E-state index is 12.4. The number of rotatable bonds is 4. The van der Waals surface area contributed by atoms with Crippen LogP contribution in [-0.2, 0) is 5.75 Å². The van der Waals surface area contributed by atoms with E-state index in [0.717, 1.165) is 5.56 Å². The van der Waals surface area contributed by atoms with Crippen molar-refractivity contribution in [1.29, 1.82) is 0 Å². The molecular weight excluding hydrogens is 389 g/mol. The molecule has 0 aliphatic heterocycles. The summed E-state index contributed by atoms with van der Waals surface area (Å²) in [5.41, 5.74) is 0.983. The van der Waals surface area contributed by atoms with E-state index in [2.05, 4.69) is 20.7 Å². The molecule has 0 atom stereocenters. The summed E-state index contributed by atoms with van der Waals surface area (Å²) < 4.78 is 41.8. The summed E-state index contributed by atoms with van der Waals surface area (Å²) in [4.78, 5) is 0.257. The summed E-state index contributed by atoms with van der Waals surface area (Å²) in [5, 5.41) is 0.206. The molecule has 7 heteroatoms. The molecule has 2 aromatic carbocycles. The third kappa shape index (κ3) is 4.83. The Kier molecular flexibility index (Phi) is 5.46. The quantitative estimate of drug-likeness (QED) is 0.560. The zero-order valence-corrected chi connectivity index (χ0v) is 13.6. The number of benzene rings is 2. The molecule has 0 fully saturated rings. The molecule has 0 aliphatic rings. The molecule has 0 bridgehead atoms. The smallest absolute Gasteiger partial charge is 0.405 e. The van der Waals surface area contributed by atoms with Gasteiger partial charge in [-0.2, -0.15) is 0 Å². The average molecular weight is 398 g/mol. The van der Waals surface area contributed by atoms with Crippen LogP contribution in [0.3, 0.4) is 0 Å². The largest absolute Gasteiger partial charge is 0.573 e. The second-order valence-electron chi connectivity index (χ2n) is 4.01. The number of halogens is 5. The van der Waals surface area contributed by atoms with Crippen LogP contribution in [0.5, 0.6) is 5.75 Å². The minimum atomic E-state index is -4.75. The lowest BCUT2D eigenvalue weighted by molar-refractivity contribution is -0.275. The van der Waals surface area contributed by atoms with Crippen LogP contribution in [-0.4, -0.2) is 6.36 Å². The molecule has 0 unspecified atom stereocenters. The summed E-state index contributed by atoms with van der Waals surface area (Å²) in [6.45, 7) is 0. The van der Waals surface area contributed by atoms with E-state index in [-0.39, 0.29) is 15.7 Å². The van der Waals surface area contributed by atoms with Crippen molar-refractivity contribution in [2.75, 3.05) is 0 Å². The predicted molar refractivity (Wildman–Crippen MR) is 81.8 cm³/mol. The molecule has 0 aromatic heterocycles. The van der Waals surface area contributed by atoms with Gasteiger partial charge in [0.2, 0.25) is 0 Å². The van der Waals surface area contributed by atoms with Gasteiger partial charge in [0.15, 0.2) is 0 Å². The van der Waals surface area contributed by atoms with Crippen LogP contribution in [0.15, 0.2) is 51.8 Å². The monoisotopic (exact) mass is 396 g/mol. The minimum Gasteiger partial charge on any atom is -0.405 e. The summed E-state index contributed by atoms with van der Waals surface area (Å²) in [5.74, 6) is 0.197. The molecular formula is C14H9BrClF3OS. The fourth-order valence-electron chi connectivity index (χ4n) is 1.58. The normalized spacial score (nSPS) is 11.5. The SMILES string of the molecule is FC(F)(F)Oc1ccc(Br)c(Cl)c1SCc1ccccc1. The van der Waals surface area contributed by atoms with Gasteiger partial charge in [-0.15, -0.1) is 24.9 Å². The van der Waals surface area contributed by atoms with Gasteiger partial charge in [-0.1, -0.05) is 41.9 Å². The standard InChI is InChI=1S/C14H9BrClF3OS/c15-10-6-7-11(20-14(17,18)19)13(12(10)16)21-8-9-4-2-1-3-5-9/h1-7H,8H2. The molecule has 0 spiro atoms. The highest BCUT2D eigenvalue weighted by Crippen LogP contribution is 2.43. The molecule has 0 aliphatic carbocycles. The van der Waals surface area contributed by atoms with Crippen molar-refractivity contribution >= 4 is 39.3 Å². The Morgan fingerprint density at radius 3 is 2.38 bits per heavy atom. The van der Waals surface area contributed by atoms with E-state index in [9.17, 15) is 13.2 Å². The van der Waals surface area contributed by atoms with Gasteiger partial charge >= 0.3 is 6.36 Å². The van der Waals surface area contributed by atoms with Gasteiger partial charge in [-0.05, 0) is 33.6 Å². The molecule has 112 valence electrons. The third-order valence-corrected chi connectivity index (χ3v) is 5.03. The summed E-state index contributed by atoms with van der Waals surface area (Å²) in [7, 11) is 0. The first-order chi connectivity index (χ1) is 9.87. The van der Waals surface area contributed by atoms with Crippen molar-refractivity contribution in [1.82, 2.24) is 0 Å². The maximum Gasteiger partial charge on any atom is 0.573 e. The molecule has 2 rings (SSSR count). The molecule has 1 nitrogen and oxygen atoms in total. The molecule has 0 heterocycles. The van der Waals surface area contributed by atoms with Gasteiger partial charge in [-0.3, -0.25) is 0 Å². The average Bonchev–Trinajstić information content (AvgIpc) is 2.42. The fourth-order valence-corrected chi connectivity index (χ4v) is 3.36. The highest BCUT2D eigenvalue weighted by atomic mass is 79.9. The summed E-state index contributed by atoms with van der Waals surface area (Å²) in [6.07, 6.45) is -4.75. The van der Waals surface area contributed by atoms with Crippen molar-refractivity contribution in [2.24, 2.45) is 0 Å². The van der Waals surface area contributed by atoms with Crippen LogP contribution < -0.4 is 4.74 Å². The van der Waals surface area contributed by atoms with Gasteiger partial charge in [0.05, 0.1) is 9.92 Å². The van der Waals surface area contributed by atoms with Crippen LogP contribution in [0.4, 0.5) is 13.2 Å². The lowest BCUT2D eigenvalue weighted by Gasteiger charge is -2.15. The van der Waals surface area contributed by atoms with Crippen LogP contribution in [0.25, 0.3) is 0 Å². The molecule has 0 radical (unpaired) electrons. The number of ether oxygens (including phenoxy) is 1. The van der Waals surface area contributed by atoms with Gasteiger partial charge in [0.25, 0.3) is 0 Å². The Hall–Kier alpha value is -0.850. The van der Waals surface area contributed by atoms with Crippen molar-refractivity contribution in [3.05, 3.63) is 57.5 Å². The minimum absolute atomic E-state index is 0.206. The summed E-state index contributed by atoms with van der Waals surface area (Å²) in [6, 6.07) is 12.1. The van der Waals surface area contributed by atoms with Crippen LogP contribution in [0, 0.1) is 0 Å². The molecule has 0 amide bonds. The van der Waals surface area contributed by atoms with Gasteiger partial charge < -0.3 is 4.74 Å². The topological polar surface area (TPSA) is 9.23 Å². The molecule has 0 N–H and O–H groups in total. The Morgan fingerprint density at radius 1 is 1.10 bits per heavy atom. The van der Waals surface area contributed by atoms with E-state index in [1.807, 2.05) is 30.3 Å². The second-order valence-corrected chi connectivity index (χ2v) is 6.23. The highest BCUT2D eigenvalue weighted by Gasteiger charge is 2.32. The van der Waals surface area contributed by atoms with Crippen molar-refractivity contribution in [2.45, 2.75) is 17.0 Å². The van der Waals surface area contributed by atoms with Crippen molar-refractivity contribution in [3.63, 3.8) is 0 Å². The van der Waals surface area contributed by atoms with E-state index in [4.69, 9.17) is 11.6 Å². The van der Waals surface area contributed by atoms with Gasteiger partial charge in [0.1, 0.15) is 5.75 Å². The van der Waals surface area contributed by atoms with Crippen molar-refractivity contribution < 1.29 is 17.9 Å². The number of alkyl halides is 3. The molecule has 2 aromatic rings. The lowest BCUT2D eigenvalue weighted by atomic mass is 10.2. The number of hydrogen-bond donors (Lipinski definition) is 0. The van der Waals surface area contributed by atoms with E-state index in [1.165, 1.54) is 23.9 Å². The zero-order valence-electron chi connectivity index (χ0n) is 10.5. The fraction of sp³-hybridized carbons (Fsp3) is 0.143. The van der Waals surface area contributed by atoms with E-state index >= 15 is 0 Å². The second kappa shape index (κ2) is 6.94. The van der Waals surface area contributed by atoms with Crippen LogP contribution >= 0.6 is 39.3 Å². The van der Waals surface area contributed by atoms with E-state index in [1.54, 1.807) is 0 Å². The first kappa shape index (κ1) is 16.5. The van der Waals surface area contributed by atoms with Crippen LogP contribution in [0.1, 0.15) is 5.56 Å². The Morgan fingerprint density at radius 2 is 1.76 bits per heavy atom. The predicted octanol–water partition coefficient (Wildman–Crippen LogP) is 6.29. The van der Waals surface area contributed by atoms with Gasteiger partial charge in [0, 0.05) is 10.2 Å². The Balaban J connectivity index is 2.25. The Bertz CT molecular complexity index is 620. The lowest BCUT2D eigenvalue weighted by Crippen LogP contribution is -2.17. The molecule has 21 heavy (non-hydrogen) atoms. The first-order valence-corrected chi connectivity index (χ1v) is 7.93. The van der Waals surface area contributed by atoms with E-state index < -0.39 is 6.36 Å². The first-order valence-electron chi connectivity index (χ1n) is 5.77. The highest BCUT2D eigenvalue weighted by molar-refractivity contribution is 9.10. The van der Waals surface area contributed by atoms with Gasteiger partial charge in [-0.25, -0.2) is 0 Å². The van der Waals surface area contributed by atoms with E-state index in [0.29, 0.717) is 10.2 Å². The van der Waals surface area contributed by atoms with Crippen molar-refractivity contribution in [3.8, 4) is 5.75 Å². The number of thioether (sulfide) groups is 1.